The molecule has 1 unspecified atom stereocenters. The molecule has 6 nitrogen and oxygen atoms in total. The fourth-order valence-electron chi connectivity index (χ4n) is 3.31. The number of likely N-dealkylation sites (N-methyl/N-ethyl adjacent to an activating group) is 1. The Labute approximate surface area is 180 Å². The molecule has 0 fully saturated rings. The lowest BCUT2D eigenvalue weighted by Crippen LogP contribution is -2.49. The standard InChI is InChI=1S/C23H26F2N4O2/c1-23(2,3)26-22(31)28(4)14-21(30)29-20(15-9-11-16(24)12-10-15)13-19(27-29)17-7-5-6-8-18(17)25/h5-12,20H,13-14H2,1-4H3,(H,26,31). The van der Waals surface area contributed by atoms with Gasteiger partial charge in [-0.25, -0.2) is 18.6 Å². The molecule has 1 aliphatic rings. The predicted octanol–water partition coefficient (Wildman–Crippen LogP) is 4.08. The molecule has 1 atom stereocenters. The molecule has 0 radical (unpaired) electrons. The second kappa shape index (κ2) is 8.83. The van der Waals surface area contributed by atoms with E-state index in [1.165, 1.54) is 35.2 Å². The van der Waals surface area contributed by atoms with E-state index in [4.69, 9.17) is 0 Å². The summed E-state index contributed by atoms with van der Waals surface area (Å²) in [6.45, 7) is 5.32. The summed E-state index contributed by atoms with van der Waals surface area (Å²) in [5.74, 6) is -1.25. The summed E-state index contributed by atoms with van der Waals surface area (Å²) in [6.07, 6.45) is 0.274. The first-order valence-corrected chi connectivity index (χ1v) is 9.98. The third kappa shape index (κ3) is 5.45. The van der Waals surface area contributed by atoms with Crippen molar-refractivity contribution in [2.45, 2.75) is 38.8 Å². The van der Waals surface area contributed by atoms with Crippen LogP contribution in [0.4, 0.5) is 13.6 Å². The van der Waals surface area contributed by atoms with Gasteiger partial charge in [0.15, 0.2) is 0 Å². The summed E-state index contributed by atoms with van der Waals surface area (Å²) in [5.41, 5.74) is 0.951. The number of benzene rings is 2. The normalized spacial score (nSPS) is 16.1. The molecule has 0 saturated heterocycles. The molecule has 0 spiro atoms. The van der Waals surface area contributed by atoms with Crippen molar-refractivity contribution in [1.29, 1.82) is 0 Å². The Morgan fingerprint density at radius 2 is 1.77 bits per heavy atom. The number of amides is 3. The number of halogens is 2. The maximum absolute atomic E-state index is 14.3. The smallest absolute Gasteiger partial charge is 0.318 e. The highest BCUT2D eigenvalue weighted by Crippen LogP contribution is 2.33. The summed E-state index contributed by atoms with van der Waals surface area (Å²) in [4.78, 5) is 26.7. The van der Waals surface area contributed by atoms with Gasteiger partial charge in [-0.1, -0.05) is 30.3 Å². The fraction of sp³-hybridized carbons (Fsp3) is 0.348. The minimum atomic E-state index is -0.526. The zero-order chi connectivity index (χ0) is 22.8. The van der Waals surface area contributed by atoms with E-state index in [2.05, 4.69) is 10.4 Å². The van der Waals surface area contributed by atoms with E-state index in [0.29, 0.717) is 16.8 Å². The van der Waals surface area contributed by atoms with E-state index < -0.39 is 35.2 Å². The van der Waals surface area contributed by atoms with Gasteiger partial charge in [-0.15, -0.1) is 0 Å². The van der Waals surface area contributed by atoms with Crippen LogP contribution in [0, 0.1) is 11.6 Å². The molecular weight excluding hydrogens is 402 g/mol. The van der Waals surface area contributed by atoms with Crippen LogP contribution in [0.2, 0.25) is 0 Å². The Morgan fingerprint density at radius 1 is 1.13 bits per heavy atom. The van der Waals surface area contributed by atoms with Crippen LogP contribution in [0.3, 0.4) is 0 Å². The van der Waals surface area contributed by atoms with E-state index in [0.717, 1.165) is 0 Å². The Morgan fingerprint density at radius 3 is 2.39 bits per heavy atom. The lowest BCUT2D eigenvalue weighted by molar-refractivity contribution is -0.133. The highest BCUT2D eigenvalue weighted by atomic mass is 19.1. The van der Waals surface area contributed by atoms with Gasteiger partial charge < -0.3 is 10.2 Å². The fourth-order valence-corrected chi connectivity index (χ4v) is 3.31. The van der Waals surface area contributed by atoms with Gasteiger partial charge in [-0.2, -0.15) is 5.10 Å². The molecule has 2 aromatic rings. The van der Waals surface area contributed by atoms with Gasteiger partial charge in [0.25, 0.3) is 5.91 Å². The van der Waals surface area contributed by atoms with Crippen molar-refractivity contribution in [2.75, 3.05) is 13.6 Å². The van der Waals surface area contributed by atoms with Gasteiger partial charge in [0.1, 0.15) is 18.2 Å². The predicted molar refractivity (Wildman–Crippen MR) is 114 cm³/mol. The molecule has 3 rings (SSSR count). The largest absolute Gasteiger partial charge is 0.333 e. The Bertz CT molecular complexity index is 999. The van der Waals surface area contributed by atoms with Gasteiger partial charge in [-0.3, -0.25) is 4.79 Å². The number of hydrogen-bond acceptors (Lipinski definition) is 3. The lowest BCUT2D eigenvalue weighted by Gasteiger charge is -2.27. The lowest BCUT2D eigenvalue weighted by atomic mass is 9.98. The monoisotopic (exact) mass is 428 g/mol. The van der Waals surface area contributed by atoms with Gasteiger partial charge in [0, 0.05) is 24.6 Å². The summed E-state index contributed by atoms with van der Waals surface area (Å²) in [5, 5.41) is 8.45. The second-order valence-electron chi connectivity index (χ2n) is 8.57. The van der Waals surface area contributed by atoms with Gasteiger partial charge >= 0.3 is 6.03 Å². The molecular formula is C23H26F2N4O2. The minimum absolute atomic E-state index is 0.215. The molecule has 1 heterocycles. The average Bonchev–Trinajstić information content (AvgIpc) is 3.13. The molecule has 0 aromatic heterocycles. The van der Waals surface area contributed by atoms with Crippen LogP contribution < -0.4 is 5.32 Å². The van der Waals surface area contributed by atoms with E-state index in [1.54, 1.807) is 30.3 Å². The van der Waals surface area contributed by atoms with Crippen molar-refractivity contribution < 1.29 is 18.4 Å². The molecule has 164 valence electrons. The number of carbonyl (C=O) groups excluding carboxylic acids is 2. The molecule has 0 saturated carbocycles. The van der Waals surface area contributed by atoms with Crippen molar-refractivity contribution in [1.82, 2.24) is 15.2 Å². The van der Waals surface area contributed by atoms with Crippen LogP contribution in [0.15, 0.2) is 53.6 Å². The van der Waals surface area contributed by atoms with Crippen molar-refractivity contribution in [3.63, 3.8) is 0 Å². The van der Waals surface area contributed by atoms with Crippen molar-refractivity contribution in [3.05, 3.63) is 71.3 Å². The van der Waals surface area contributed by atoms with Crippen LogP contribution in [0.1, 0.15) is 44.4 Å². The topological polar surface area (TPSA) is 65.0 Å². The molecule has 3 amide bonds. The highest BCUT2D eigenvalue weighted by Gasteiger charge is 2.34. The zero-order valence-corrected chi connectivity index (χ0v) is 18.0. The highest BCUT2D eigenvalue weighted by molar-refractivity contribution is 6.03. The van der Waals surface area contributed by atoms with E-state index in [9.17, 15) is 18.4 Å². The first kappa shape index (κ1) is 22.4. The summed E-state index contributed by atoms with van der Waals surface area (Å²) >= 11 is 0. The van der Waals surface area contributed by atoms with Crippen LogP contribution >= 0.6 is 0 Å². The number of rotatable bonds is 4. The number of hydrogen-bond donors (Lipinski definition) is 1. The quantitative estimate of drug-likeness (QED) is 0.798. The molecule has 0 bridgehead atoms. The number of urea groups is 1. The average molecular weight is 428 g/mol. The zero-order valence-electron chi connectivity index (χ0n) is 18.0. The Hall–Kier alpha value is -3.29. The van der Waals surface area contributed by atoms with Crippen molar-refractivity contribution >= 4 is 17.6 Å². The second-order valence-corrected chi connectivity index (χ2v) is 8.57. The number of nitrogens with one attached hydrogen (secondary N) is 1. The van der Waals surface area contributed by atoms with E-state index in [1.807, 2.05) is 20.8 Å². The first-order chi connectivity index (χ1) is 14.5. The van der Waals surface area contributed by atoms with Crippen LogP contribution in [-0.4, -0.2) is 46.7 Å². The Kier molecular flexibility index (Phi) is 6.38. The van der Waals surface area contributed by atoms with Gasteiger partial charge in [0.2, 0.25) is 0 Å². The van der Waals surface area contributed by atoms with Crippen molar-refractivity contribution in [2.24, 2.45) is 5.10 Å². The molecule has 2 aromatic carbocycles. The van der Waals surface area contributed by atoms with Crippen molar-refractivity contribution in [3.8, 4) is 0 Å². The molecule has 31 heavy (non-hydrogen) atoms. The first-order valence-electron chi connectivity index (χ1n) is 9.98. The summed E-state index contributed by atoms with van der Waals surface area (Å²) < 4.78 is 27.7. The number of nitrogens with zero attached hydrogens (tertiary/aromatic N) is 3. The van der Waals surface area contributed by atoms with E-state index in [-0.39, 0.29) is 13.0 Å². The van der Waals surface area contributed by atoms with Crippen LogP contribution in [-0.2, 0) is 4.79 Å². The molecule has 8 heteroatoms. The van der Waals surface area contributed by atoms with Crippen LogP contribution in [0.25, 0.3) is 0 Å². The minimum Gasteiger partial charge on any atom is -0.333 e. The van der Waals surface area contributed by atoms with Gasteiger partial charge in [-0.05, 0) is 44.5 Å². The summed E-state index contributed by atoms with van der Waals surface area (Å²) in [7, 11) is 1.52. The third-order valence-electron chi connectivity index (χ3n) is 4.81. The summed E-state index contributed by atoms with van der Waals surface area (Å²) in [6, 6.07) is 11.1. The molecule has 1 N–H and O–H groups in total. The van der Waals surface area contributed by atoms with Crippen LogP contribution in [0.5, 0.6) is 0 Å². The maximum Gasteiger partial charge on any atom is 0.318 e. The molecule has 1 aliphatic heterocycles. The Balaban J connectivity index is 1.86. The number of hydrazone groups is 1. The maximum atomic E-state index is 14.3. The van der Waals surface area contributed by atoms with Gasteiger partial charge in [0.05, 0.1) is 11.8 Å². The third-order valence-corrected chi connectivity index (χ3v) is 4.81. The molecule has 0 aliphatic carbocycles. The SMILES string of the molecule is CN(CC(=O)N1N=C(c2ccccc2F)CC1c1ccc(F)cc1)C(=O)NC(C)(C)C. The van der Waals surface area contributed by atoms with E-state index >= 15 is 0 Å². The number of carbonyl (C=O) groups is 2.